The number of thioether (sulfide) groups is 1. The van der Waals surface area contributed by atoms with E-state index >= 15 is 0 Å². The maximum absolute atomic E-state index is 9.46. The van der Waals surface area contributed by atoms with Crippen LogP contribution in [0.1, 0.15) is 36.8 Å². The molecule has 20 heavy (non-hydrogen) atoms. The first-order valence-electron chi connectivity index (χ1n) is 7.41. The van der Waals surface area contributed by atoms with Gasteiger partial charge in [-0.2, -0.15) is 5.26 Å². The van der Waals surface area contributed by atoms with E-state index in [0.717, 1.165) is 18.6 Å². The SMILES string of the molecule is CNC1(C#N)CCCC1CCSc1ccc(C)cc1C. The summed E-state index contributed by atoms with van der Waals surface area (Å²) >= 11 is 1.93. The summed E-state index contributed by atoms with van der Waals surface area (Å²) in [6.45, 7) is 4.31. The standard InChI is InChI=1S/C17H24N2S/c1-13-6-7-16(14(2)11-13)20-10-8-15-5-4-9-17(15,12-18)19-3/h6-7,11,15,19H,4-5,8-10H2,1-3H3. The molecule has 0 amide bonds. The highest BCUT2D eigenvalue weighted by atomic mass is 32.2. The molecule has 1 saturated carbocycles. The van der Waals surface area contributed by atoms with E-state index < -0.39 is 0 Å². The molecule has 1 aromatic carbocycles. The number of hydrogen-bond acceptors (Lipinski definition) is 3. The summed E-state index contributed by atoms with van der Waals surface area (Å²) in [6, 6.07) is 9.17. The summed E-state index contributed by atoms with van der Waals surface area (Å²) in [5.74, 6) is 1.59. The molecule has 108 valence electrons. The van der Waals surface area contributed by atoms with Crippen molar-refractivity contribution in [3.05, 3.63) is 29.3 Å². The molecule has 0 bridgehead atoms. The van der Waals surface area contributed by atoms with Crippen LogP contribution >= 0.6 is 11.8 Å². The van der Waals surface area contributed by atoms with Gasteiger partial charge >= 0.3 is 0 Å². The average Bonchev–Trinajstić information content (AvgIpc) is 2.85. The number of nitriles is 1. The summed E-state index contributed by atoms with van der Waals surface area (Å²) in [5, 5.41) is 12.7. The molecule has 0 aliphatic heterocycles. The van der Waals surface area contributed by atoms with Crippen LogP contribution < -0.4 is 5.32 Å². The van der Waals surface area contributed by atoms with Crippen molar-refractivity contribution in [2.75, 3.05) is 12.8 Å². The maximum Gasteiger partial charge on any atom is 0.109 e. The molecule has 1 N–H and O–H groups in total. The van der Waals surface area contributed by atoms with Crippen LogP contribution in [0.15, 0.2) is 23.1 Å². The first-order chi connectivity index (χ1) is 9.61. The van der Waals surface area contributed by atoms with Gasteiger partial charge in [-0.1, -0.05) is 24.1 Å². The molecule has 0 heterocycles. The topological polar surface area (TPSA) is 35.8 Å². The second kappa shape index (κ2) is 6.65. The van der Waals surface area contributed by atoms with Crippen LogP contribution in [0, 0.1) is 31.1 Å². The molecule has 3 heteroatoms. The highest BCUT2D eigenvalue weighted by Crippen LogP contribution is 2.38. The van der Waals surface area contributed by atoms with E-state index in [1.54, 1.807) is 0 Å². The van der Waals surface area contributed by atoms with Gasteiger partial charge in [-0.15, -0.1) is 11.8 Å². The van der Waals surface area contributed by atoms with Crippen LogP contribution in [-0.4, -0.2) is 18.3 Å². The first-order valence-corrected chi connectivity index (χ1v) is 8.40. The van der Waals surface area contributed by atoms with Crippen LogP contribution in [-0.2, 0) is 0 Å². The number of aryl methyl sites for hydroxylation is 2. The van der Waals surface area contributed by atoms with Crippen molar-refractivity contribution >= 4 is 11.8 Å². The Morgan fingerprint density at radius 1 is 1.45 bits per heavy atom. The number of hydrogen-bond donors (Lipinski definition) is 1. The van der Waals surface area contributed by atoms with Crippen molar-refractivity contribution in [1.29, 1.82) is 5.26 Å². The fraction of sp³-hybridized carbons (Fsp3) is 0.588. The summed E-state index contributed by atoms with van der Waals surface area (Å²) in [7, 11) is 1.93. The highest BCUT2D eigenvalue weighted by Gasteiger charge is 2.41. The van der Waals surface area contributed by atoms with Gasteiger partial charge < -0.3 is 5.32 Å². The van der Waals surface area contributed by atoms with Crippen molar-refractivity contribution in [3.8, 4) is 6.07 Å². The van der Waals surface area contributed by atoms with Gasteiger partial charge in [0.25, 0.3) is 0 Å². The monoisotopic (exact) mass is 288 g/mol. The van der Waals surface area contributed by atoms with Gasteiger partial charge in [0.15, 0.2) is 0 Å². The lowest BCUT2D eigenvalue weighted by Gasteiger charge is -2.28. The zero-order chi connectivity index (χ0) is 14.6. The van der Waals surface area contributed by atoms with Crippen molar-refractivity contribution in [3.63, 3.8) is 0 Å². The molecule has 0 aromatic heterocycles. The molecule has 2 atom stereocenters. The van der Waals surface area contributed by atoms with Gasteiger partial charge in [-0.25, -0.2) is 0 Å². The Hall–Kier alpha value is -0.980. The fourth-order valence-electron chi connectivity index (χ4n) is 3.27. The van der Waals surface area contributed by atoms with E-state index in [1.165, 1.54) is 28.9 Å². The van der Waals surface area contributed by atoms with Gasteiger partial charge in [0.2, 0.25) is 0 Å². The number of rotatable bonds is 5. The van der Waals surface area contributed by atoms with E-state index in [4.69, 9.17) is 0 Å². The molecule has 0 spiro atoms. The van der Waals surface area contributed by atoms with E-state index in [-0.39, 0.29) is 5.54 Å². The van der Waals surface area contributed by atoms with Crippen LogP contribution in [0.5, 0.6) is 0 Å². The largest absolute Gasteiger partial charge is 0.302 e. The molecular weight excluding hydrogens is 264 g/mol. The van der Waals surface area contributed by atoms with Crippen molar-refractivity contribution in [1.82, 2.24) is 5.32 Å². The summed E-state index contributed by atoms with van der Waals surface area (Å²) in [4.78, 5) is 1.38. The zero-order valence-corrected chi connectivity index (χ0v) is 13.5. The molecule has 1 aliphatic carbocycles. The van der Waals surface area contributed by atoms with Gasteiger partial charge in [-0.3, -0.25) is 0 Å². The van der Waals surface area contributed by atoms with Crippen LogP contribution in [0.25, 0.3) is 0 Å². The lowest BCUT2D eigenvalue weighted by molar-refractivity contribution is 0.332. The third-order valence-corrected chi connectivity index (χ3v) is 5.73. The normalized spacial score (nSPS) is 25.6. The summed E-state index contributed by atoms with van der Waals surface area (Å²) in [6.07, 6.45) is 4.47. The lowest BCUT2D eigenvalue weighted by Crippen LogP contribution is -2.44. The minimum atomic E-state index is -0.275. The third kappa shape index (κ3) is 3.19. The van der Waals surface area contributed by atoms with Gasteiger partial charge in [0, 0.05) is 4.90 Å². The zero-order valence-electron chi connectivity index (χ0n) is 12.7. The van der Waals surface area contributed by atoms with Gasteiger partial charge in [0.1, 0.15) is 5.54 Å². The van der Waals surface area contributed by atoms with Crippen LogP contribution in [0.3, 0.4) is 0 Å². The van der Waals surface area contributed by atoms with Gasteiger partial charge in [-0.05, 0) is 63.5 Å². The Labute approximate surface area is 127 Å². The molecule has 0 saturated heterocycles. The third-order valence-electron chi connectivity index (χ3n) is 4.52. The van der Waals surface area contributed by atoms with Crippen molar-refractivity contribution in [2.24, 2.45) is 5.92 Å². The second-order valence-electron chi connectivity index (χ2n) is 5.83. The Morgan fingerprint density at radius 2 is 2.25 bits per heavy atom. The van der Waals surface area contributed by atoms with Crippen molar-refractivity contribution in [2.45, 2.75) is 50.0 Å². The Morgan fingerprint density at radius 3 is 2.90 bits per heavy atom. The predicted molar refractivity (Wildman–Crippen MR) is 86.0 cm³/mol. The van der Waals surface area contributed by atoms with E-state index in [0.29, 0.717) is 5.92 Å². The molecular formula is C17H24N2S. The van der Waals surface area contributed by atoms with Crippen LogP contribution in [0.4, 0.5) is 0 Å². The smallest absolute Gasteiger partial charge is 0.109 e. The lowest BCUT2D eigenvalue weighted by atomic mass is 9.87. The Balaban J connectivity index is 1.91. The van der Waals surface area contributed by atoms with Crippen molar-refractivity contribution < 1.29 is 0 Å². The summed E-state index contributed by atoms with van der Waals surface area (Å²) in [5.41, 5.74) is 2.41. The molecule has 2 unspecified atom stereocenters. The molecule has 0 radical (unpaired) electrons. The Bertz CT molecular complexity index is 506. The fourth-order valence-corrected chi connectivity index (χ4v) is 4.35. The quantitative estimate of drug-likeness (QED) is 0.830. The van der Waals surface area contributed by atoms with E-state index in [2.05, 4.69) is 43.4 Å². The molecule has 1 fully saturated rings. The number of nitrogens with one attached hydrogen (secondary N) is 1. The molecule has 2 rings (SSSR count). The minimum Gasteiger partial charge on any atom is -0.302 e. The maximum atomic E-state index is 9.46. The second-order valence-corrected chi connectivity index (χ2v) is 6.97. The number of benzene rings is 1. The van der Waals surface area contributed by atoms with E-state index in [9.17, 15) is 5.26 Å². The van der Waals surface area contributed by atoms with E-state index in [1.807, 2.05) is 18.8 Å². The first kappa shape index (κ1) is 15.4. The predicted octanol–water partition coefficient (Wildman–Crippen LogP) is 4.07. The molecule has 1 aromatic rings. The van der Waals surface area contributed by atoms with Gasteiger partial charge in [0.05, 0.1) is 6.07 Å². The van der Waals surface area contributed by atoms with Crippen LogP contribution in [0.2, 0.25) is 0 Å². The highest BCUT2D eigenvalue weighted by molar-refractivity contribution is 7.99. The minimum absolute atomic E-state index is 0.275. The summed E-state index contributed by atoms with van der Waals surface area (Å²) < 4.78 is 0. The molecule has 2 nitrogen and oxygen atoms in total. The average molecular weight is 288 g/mol. The number of nitrogens with zero attached hydrogens (tertiary/aromatic N) is 1. The molecule has 1 aliphatic rings. The Kier molecular flexibility index (Phi) is 5.12.